The Morgan fingerprint density at radius 3 is 2.57 bits per heavy atom. The maximum atomic E-state index is 12.9. The molecule has 3 rings (SSSR count). The lowest BCUT2D eigenvalue weighted by atomic mass is 10.2. The number of rotatable bonds is 3. The molecule has 1 aromatic carbocycles. The fourth-order valence-corrected chi connectivity index (χ4v) is 3.50. The first-order valence-corrected chi connectivity index (χ1v) is 10.2. The van der Waals surface area contributed by atoms with Gasteiger partial charge in [0.05, 0.1) is 27.3 Å². The Morgan fingerprint density at radius 2 is 1.82 bits per heavy atom. The molecule has 140 valence electrons. The van der Waals surface area contributed by atoms with E-state index < -0.39 is 15.6 Å². The normalized spacial score (nSPS) is 12.2. The van der Waals surface area contributed by atoms with Crippen molar-refractivity contribution in [3.8, 4) is 17.6 Å². The number of nitrogens with zero attached hydrogens (tertiary/aromatic N) is 3. The van der Waals surface area contributed by atoms with Gasteiger partial charge in [0.2, 0.25) is 0 Å². The highest BCUT2D eigenvalue weighted by molar-refractivity contribution is 7.93. The first-order chi connectivity index (χ1) is 13.5. The van der Waals surface area contributed by atoms with Crippen LogP contribution in [-0.4, -0.2) is 33.4 Å². The molecule has 0 spiro atoms. The van der Waals surface area contributed by atoms with Crippen molar-refractivity contribution in [2.45, 2.75) is 4.90 Å². The van der Waals surface area contributed by atoms with Gasteiger partial charge >= 0.3 is 0 Å². The second kappa shape index (κ2) is 8.46. The molecule has 0 radical (unpaired) electrons. The minimum absolute atomic E-state index is 0.218. The van der Waals surface area contributed by atoms with Crippen molar-refractivity contribution in [3.05, 3.63) is 83.9 Å². The molecular weight excluding hydrogens is 374 g/mol. The van der Waals surface area contributed by atoms with Gasteiger partial charge in [-0.1, -0.05) is 17.9 Å². The van der Waals surface area contributed by atoms with Gasteiger partial charge in [0, 0.05) is 42.2 Å². The SMILES string of the molecule is COc1cccc(S(C)(=O)=NC(=O)c2cncc(C#Cc3cccnc3)c2)c1. The maximum Gasteiger partial charge on any atom is 0.286 e. The number of ether oxygens (including phenoxy) is 1. The summed E-state index contributed by atoms with van der Waals surface area (Å²) in [4.78, 5) is 21.0. The molecule has 2 aromatic heterocycles. The summed E-state index contributed by atoms with van der Waals surface area (Å²) in [5.41, 5.74) is 1.52. The average molecular weight is 391 g/mol. The van der Waals surface area contributed by atoms with Crippen LogP contribution >= 0.6 is 0 Å². The summed E-state index contributed by atoms with van der Waals surface area (Å²) in [6, 6.07) is 11.9. The van der Waals surface area contributed by atoms with Gasteiger partial charge in [0.25, 0.3) is 5.91 Å². The predicted octanol–water partition coefficient (Wildman–Crippen LogP) is 3.18. The third-order valence-corrected chi connectivity index (χ3v) is 5.38. The second-order valence-corrected chi connectivity index (χ2v) is 8.09. The molecule has 6 nitrogen and oxygen atoms in total. The maximum absolute atomic E-state index is 12.9. The van der Waals surface area contributed by atoms with Crippen LogP contribution in [0.5, 0.6) is 5.75 Å². The highest BCUT2D eigenvalue weighted by Crippen LogP contribution is 2.19. The van der Waals surface area contributed by atoms with E-state index in [1.165, 1.54) is 19.6 Å². The third-order valence-electron chi connectivity index (χ3n) is 3.73. The summed E-state index contributed by atoms with van der Waals surface area (Å²) in [7, 11) is -1.42. The molecule has 0 aliphatic heterocycles. The molecule has 0 aliphatic rings. The quantitative estimate of drug-likeness (QED) is 0.641. The van der Waals surface area contributed by atoms with Crippen LogP contribution in [0.25, 0.3) is 0 Å². The van der Waals surface area contributed by atoms with E-state index in [0.717, 1.165) is 5.56 Å². The summed E-state index contributed by atoms with van der Waals surface area (Å²) in [5.74, 6) is 5.81. The minimum Gasteiger partial charge on any atom is -0.497 e. The van der Waals surface area contributed by atoms with Crippen LogP contribution in [0.2, 0.25) is 0 Å². The Hall–Kier alpha value is -3.50. The smallest absolute Gasteiger partial charge is 0.286 e. The van der Waals surface area contributed by atoms with E-state index in [0.29, 0.717) is 16.2 Å². The van der Waals surface area contributed by atoms with Gasteiger partial charge in [-0.05, 0) is 36.4 Å². The number of amides is 1. The molecule has 0 saturated carbocycles. The van der Waals surface area contributed by atoms with Crippen molar-refractivity contribution in [1.82, 2.24) is 9.97 Å². The highest BCUT2D eigenvalue weighted by Gasteiger charge is 2.13. The van der Waals surface area contributed by atoms with Gasteiger partial charge in [-0.2, -0.15) is 4.36 Å². The number of pyridine rings is 2. The second-order valence-electron chi connectivity index (χ2n) is 5.83. The summed E-state index contributed by atoms with van der Waals surface area (Å²) >= 11 is 0. The van der Waals surface area contributed by atoms with E-state index in [2.05, 4.69) is 26.2 Å². The molecule has 2 heterocycles. The van der Waals surface area contributed by atoms with Crippen molar-refractivity contribution in [1.29, 1.82) is 0 Å². The Bertz CT molecular complexity index is 1190. The van der Waals surface area contributed by atoms with E-state index in [1.807, 2.05) is 6.07 Å². The van der Waals surface area contributed by atoms with Gasteiger partial charge in [-0.25, -0.2) is 4.21 Å². The van der Waals surface area contributed by atoms with Crippen LogP contribution in [-0.2, 0) is 9.73 Å². The van der Waals surface area contributed by atoms with Gasteiger partial charge < -0.3 is 4.74 Å². The molecule has 7 heteroatoms. The Morgan fingerprint density at radius 1 is 1.04 bits per heavy atom. The van der Waals surface area contributed by atoms with E-state index >= 15 is 0 Å². The summed E-state index contributed by atoms with van der Waals surface area (Å²) in [6.45, 7) is 0. The van der Waals surface area contributed by atoms with Crippen LogP contribution in [0.1, 0.15) is 21.5 Å². The van der Waals surface area contributed by atoms with Crippen molar-refractivity contribution >= 4 is 15.6 Å². The van der Waals surface area contributed by atoms with Crippen LogP contribution in [0, 0.1) is 11.8 Å². The van der Waals surface area contributed by atoms with E-state index in [4.69, 9.17) is 4.74 Å². The van der Waals surface area contributed by atoms with Crippen LogP contribution < -0.4 is 4.74 Å². The monoisotopic (exact) mass is 391 g/mol. The van der Waals surface area contributed by atoms with Crippen molar-refractivity contribution in [2.24, 2.45) is 4.36 Å². The number of benzene rings is 1. The zero-order chi connectivity index (χ0) is 20.0. The van der Waals surface area contributed by atoms with Crippen molar-refractivity contribution < 1.29 is 13.7 Å². The lowest BCUT2D eigenvalue weighted by Gasteiger charge is -2.06. The molecule has 3 aromatic rings. The molecule has 28 heavy (non-hydrogen) atoms. The topological polar surface area (TPSA) is 81.5 Å². The molecule has 0 fully saturated rings. The highest BCUT2D eigenvalue weighted by atomic mass is 32.2. The number of hydrogen-bond donors (Lipinski definition) is 0. The molecule has 0 aliphatic carbocycles. The molecule has 1 amide bonds. The molecule has 0 N–H and O–H groups in total. The number of hydrogen-bond acceptors (Lipinski definition) is 5. The Labute approximate surface area is 163 Å². The van der Waals surface area contributed by atoms with Gasteiger partial charge in [0.1, 0.15) is 5.75 Å². The number of carbonyl (C=O) groups excluding carboxylic acids is 1. The Balaban J connectivity index is 1.89. The molecule has 0 saturated heterocycles. The lowest BCUT2D eigenvalue weighted by Crippen LogP contribution is -2.05. The number of carbonyl (C=O) groups is 1. The Kier molecular flexibility index (Phi) is 5.82. The minimum atomic E-state index is -2.93. The summed E-state index contributed by atoms with van der Waals surface area (Å²) in [6.07, 6.45) is 7.65. The predicted molar refractivity (Wildman–Crippen MR) is 107 cm³/mol. The largest absolute Gasteiger partial charge is 0.497 e. The van der Waals surface area contributed by atoms with Gasteiger partial charge in [-0.3, -0.25) is 14.8 Å². The molecule has 1 atom stereocenters. The van der Waals surface area contributed by atoms with E-state index in [1.54, 1.807) is 55.0 Å². The summed E-state index contributed by atoms with van der Waals surface area (Å²) < 4.78 is 22.0. The van der Waals surface area contributed by atoms with Gasteiger partial charge in [-0.15, -0.1) is 0 Å². The van der Waals surface area contributed by atoms with Crippen LogP contribution in [0.3, 0.4) is 0 Å². The third kappa shape index (κ3) is 4.81. The number of aromatic nitrogens is 2. The first kappa shape index (κ1) is 19.3. The fourth-order valence-electron chi connectivity index (χ4n) is 2.31. The van der Waals surface area contributed by atoms with E-state index in [-0.39, 0.29) is 5.56 Å². The summed E-state index contributed by atoms with van der Waals surface area (Å²) in [5, 5.41) is 0. The van der Waals surface area contributed by atoms with Gasteiger partial charge in [0.15, 0.2) is 0 Å². The van der Waals surface area contributed by atoms with Crippen molar-refractivity contribution in [3.63, 3.8) is 0 Å². The zero-order valence-electron chi connectivity index (χ0n) is 15.3. The standard InChI is InChI=1S/C21H17N3O3S/c1-27-19-6-3-7-20(12-19)28(2,26)24-21(25)18-11-17(14-23-15-18)9-8-16-5-4-10-22-13-16/h3-7,10-15H,1-2H3. The van der Waals surface area contributed by atoms with Crippen molar-refractivity contribution in [2.75, 3.05) is 13.4 Å². The first-order valence-electron chi connectivity index (χ1n) is 8.25. The van der Waals surface area contributed by atoms with Crippen LogP contribution in [0.15, 0.2) is 76.5 Å². The zero-order valence-corrected chi connectivity index (χ0v) is 16.1. The molecular formula is C21H17N3O3S. The fraction of sp³-hybridized carbons (Fsp3) is 0.0952. The van der Waals surface area contributed by atoms with Crippen LogP contribution in [0.4, 0.5) is 0 Å². The lowest BCUT2D eigenvalue weighted by molar-refractivity contribution is 0.100. The molecule has 0 bridgehead atoms. The molecule has 1 unspecified atom stereocenters. The average Bonchev–Trinajstić information content (AvgIpc) is 2.73. The van der Waals surface area contributed by atoms with E-state index in [9.17, 15) is 9.00 Å². The number of methoxy groups -OCH3 is 1.